The number of amides is 3. The maximum atomic E-state index is 13.6. The molecule has 0 radical (unpaired) electrons. The SMILES string of the molecule is Cc1cc(CNC(=O)C2=C(O)N([O-])CN3CC(CC4CC4)CN(N(C)C(=O)C(=O)N(C)C)C3=N2)ccc1F. The zero-order valence-corrected chi connectivity index (χ0v) is 22.0. The van der Waals surface area contributed by atoms with Gasteiger partial charge >= 0.3 is 11.8 Å². The summed E-state index contributed by atoms with van der Waals surface area (Å²) >= 11 is 0. The third kappa shape index (κ3) is 5.82. The topological polar surface area (TPSA) is 135 Å². The first kappa shape index (κ1) is 27.2. The van der Waals surface area contributed by atoms with Crippen molar-refractivity contribution in [2.45, 2.75) is 32.7 Å². The van der Waals surface area contributed by atoms with Crippen molar-refractivity contribution < 1.29 is 23.9 Å². The molecule has 206 valence electrons. The zero-order valence-electron chi connectivity index (χ0n) is 22.0. The molecule has 1 unspecified atom stereocenters. The summed E-state index contributed by atoms with van der Waals surface area (Å²) in [5.74, 6) is -2.86. The fraction of sp³-hybridized carbons (Fsp3) is 0.520. The molecule has 1 aliphatic carbocycles. The van der Waals surface area contributed by atoms with Crippen LogP contribution in [0.4, 0.5) is 4.39 Å². The van der Waals surface area contributed by atoms with Crippen molar-refractivity contribution in [1.29, 1.82) is 0 Å². The summed E-state index contributed by atoms with van der Waals surface area (Å²) in [6, 6.07) is 4.38. The lowest BCUT2D eigenvalue weighted by Crippen LogP contribution is -2.62. The van der Waals surface area contributed by atoms with Crippen LogP contribution in [-0.2, 0) is 20.9 Å². The van der Waals surface area contributed by atoms with Crippen LogP contribution >= 0.6 is 0 Å². The second-order valence-corrected chi connectivity index (χ2v) is 10.2. The number of likely N-dealkylation sites (N-methyl/N-ethyl adjacent to an activating group) is 2. The Bertz CT molecular complexity index is 1180. The number of benzene rings is 1. The van der Waals surface area contributed by atoms with Gasteiger partial charge in [0.05, 0.1) is 6.67 Å². The number of carbonyl (C=O) groups excluding carboxylic acids is 3. The average molecular weight is 531 g/mol. The van der Waals surface area contributed by atoms with Crippen LogP contribution in [0.2, 0.25) is 0 Å². The molecule has 2 N–H and O–H groups in total. The fourth-order valence-corrected chi connectivity index (χ4v) is 4.59. The molecule has 2 aliphatic heterocycles. The average Bonchev–Trinajstić information content (AvgIpc) is 3.71. The summed E-state index contributed by atoms with van der Waals surface area (Å²) < 4.78 is 13.6. The molecule has 0 aromatic heterocycles. The van der Waals surface area contributed by atoms with Crippen molar-refractivity contribution in [2.75, 3.05) is 40.9 Å². The number of fused-ring (bicyclic) bond motifs is 1. The maximum Gasteiger partial charge on any atom is 0.330 e. The third-order valence-corrected chi connectivity index (χ3v) is 6.88. The minimum Gasteiger partial charge on any atom is -0.755 e. The number of halogens is 1. The number of carbonyl (C=O) groups is 3. The van der Waals surface area contributed by atoms with E-state index in [2.05, 4.69) is 10.3 Å². The summed E-state index contributed by atoms with van der Waals surface area (Å²) in [5, 5.41) is 28.9. The number of hydrogen-bond donors (Lipinski definition) is 2. The van der Waals surface area contributed by atoms with Gasteiger partial charge < -0.3 is 30.5 Å². The predicted octanol–water partition coefficient (Wildman–Crippen LogP) is 1.10. The van der Waals surface area contributed by atoms with Crippen LogP contribution in [0.5, 0.6) is 0 Å². The minimum atomic E-state index is -0.864. The summed E-state index contributed by atoms with van der Waals surface area (Å²) in [7, 11) is 4.37. The van der Waals surface area contributed by atoms with Gasteiger partial charge in [-0.3, -0.25) is 19.4 Å². The van der Waals surface area contributed by atoms with Gasteiger partial charge in [-0.25, -0.2) is 14.4 Å². The van der Waals surface area contributed by atoms with Crippen molar-refractivity contribution in [3.05, 3.63) is 51.9 Å². The first-order valence-corrected chi connectivity index (χ1v) is 12.5. The number of guanidine groups is 1. The summed E-state index contributed by atoms with van der Waals surface area (Å²) in [6.45, 7) is 2.07. The molecular formula is C25H33FN7O5-. The Morgan fingerprint density at radius 3 is 2.50 bits per heavy atom. The van der Waals surface area contributed by atoms with E-state index in [9.17, 15) is 29.1 Å². The number of aliphatic imine (C=N–C) groups is 1. The van der Waals surface area contributed by atoms with Crippen LogP contribution < -0.4 is 5.32 Å². The van der Waals surface area contributed by atoms with Crippen molar-refractivity contribution in [2.24, 2.45) is 16.8 Å². The molecular weight excluding hydrogens is 497 g/mol. The normalized spacial score (nSPS) is 19.5. The quantitative estimate of drug-likeness (QED) is 0.522. The van der Waals surface area contributed by atoms with Crippen LogP contribution in [0, 0.1) is 29.8 Å². The van der Waals surface area contributed by atoms with Crippen LogP contribution in [0.25, 0.3) is 0 Å². The Balaban J connectivity index is 1.62. The maximum absolute atomic E-state index is 13.6. The van der Waals surface area contributed by atoms with Gasteiger partial charge in [0.15, 0.2) is 5.70 Å². The van der Waals surface area contributed by atoms with E-state index < -0.39 is 29.3 Å². The predicted molar refractivity (Wildman–Crippen MR) is 136 cm³/mol. The number of rotatable bonds is 6. The Morgan fingerprint density at radius 2 is 1.87 bits per heavy atom. The molecule has 0 bridgehead atoms. The van der Waals surface area contributed by atoms with Gasteiger partial charge in [-0.1, -0.05) is 25.0 Å². The highest BCUT2D eigenvalue weighted by Crippen LogP contribution is 2.37. The Kier molecular flexibility index (Phi) is 7.76. The molecule has 1 aromatic rings. The number of hydrogen-bond acceptors (Lipinski definition) is 9. The van der Waals surface area contributed by atoms with E-state index in [0.717, 1.165) is 29.2 Å². The molecule has 1 saturated heterocycles. The van der Waals surface area contributed by atoms with E-state index in [1.165, 1.54) is 38.3 Å². The summed E-state index contributed by atoms with van der Waals surface area (Å²) in [6.07, 6.45) is 3.13. The molecule has 0 spiro atoms. The smallest absolute Gasteiger partial charge is 0.330 e. The number of aliphatic hydroxyl groups excluding tert-OH is 1. The zero-order chi connectivity index (χ0) is 27.7. The molecule has 1 saturated carbocycles. The Hall–Kier alpha value is -3.87. The number of aryl methyl sites for hydroxylation is 1. The number of nitrogens with one attached hydrogen (secondary N) is 1. The monoisotopic (exact) mass is 530 g/mol. The van der Waals surface area contributed by atoms with E-state index in [1.54, 1.807) is 17.9 Å². The highest BCUT2D eigenvalue weighted by Gasteiger charge is 2.40. The van der Waals surface area contributed by atoms with Gasteiger partial charge in [0, 0.05) is 40.8 Å². The number of nitrogens with zero attached hydrogens (tertiary/aromatic N) is 6. The Morgan fingerprint density at radius 1 is 1.16 bits per heavy atom. The molecule has 2 fully saturated rings. The summed E-state index contributed by atoms with van der Waals surface area (Å²) in [5.41, 5.74) is 0.504. The van der Waals surface area contributed by atoms with Crippen molar-refractivity contribution >= 4 is 23.7 Å². The molecule has 12 nitrogen and oxygen atoms in total. The van der Waals surface area contributed by atoms with Gasteiger partial charge in [-0.2, -0.15) is 0 Å². The van der Waals surface area contributed by atoms with Gasteiger partial charge in [0.2, 0.25) is 11.8 Å². The molecule has 4 rings (SSSR count). The molecule has 2 heterocycles. The lowest BCUT2D eigenvalue weighted by molar-refractivity contribution is -0.157. The van der Waals surface area contributed by atoms with Crippen LogP contribution in [0.3, 0.4) is 0 Å². The number of hydroxylamine groups is 2. The molecule has 3 amide bonds. The standard InChI is InChI=1S/C25H33FN7O5/c1-15-9-17(7-8-19(15)26)11-27-21(34)20-22(35)33(38)14-31-12-18(10-16-5-6-16)13-32(25(31)28-20)30(4)24(37)23(36)29(2)3/h7-9,16,18,35H,5-6,10-14H2,1-4H3,(H,27,34)/q-1. The largest absolute Gasteiger partial charge is 0.755 e. The molecule has 13 heteroatoms. The fourth-order valence-electron chi connectivity index (χ4n) is 4.59. The van der Waals surface area contributed by atoms with Gasteiger partial charge in [0.25, 0.3) is 5.91 Å². The van der Waals surface area contributed by atoms with Gasteiger partial charge in [-0.05, 0) is 42.4 Å². The Labute approximate surface area is 220 Å². The lowest BCUT2D eigenvalue weighted by Gasteiger charge is -2.47. The van der Waals surface area contributed by atoms with Gasteiger partial charge in [-0.15, -0.1) is 0 Å². The van der Waals surface area contributed by atoms with Crippen LogP contribution in [-0.4, -0.2) is 94.6 Å². The van der Waals surface area contributed by atoms with Crippen molar-refractivity contribution in [3.63, 3.8) is 0 Å². The van der Waals surface area contributed by atoms with Crippen molar-refractivity contribution in [3.8, 4) is 0 Å². The van der Waals surface area contributed by atoms with E-state index in [1.807, 2.05) is 0 Å². The first-order chi connectivity index (χ1) is 18.0. The number of aliphatic hydroxyl groups is 1. The van der Waals surface area contributed by atoms with E-state index in [0.29, 0.717) is 30.1 Å². The van der Waals surface area contributed by atoms with Crippen LogP contribution in [0.15, 0.2) is 34.8 Å². The second kappa shape index (κ2) is 10.9. The third-order valence-electron chi connectivity index (χ3n) is 6.88. The molecule has 38 heavy (non-hydrogen) atoms. The summed E-state index contributed by atoms with van der Waals surface area (Å²) in [4.78, 5) is 45.6. The molecule has 1 aromatic carbocycles. The van der Waals surface area contributed by atoms with E-state index in [-0.39, 0.29) is 36.0 Å². The van der Waals surface area contributed by atoms with E-state index in [4.69, 9.17) is 0 Å². The van der Waals surface area contributed by atoms with Gasteiger partial charge in [0.1, 0.15) is 5.82 Å². The lowest BCUT2D eigenvalue weighted by atomic mass is 9.99. The second-order valence-electron chi connectivity index (χ2n) is 10.2. The van der Waals surface area contributed by atoms with Crippen LogP contribution in [0.1, 0.15) is 30.4 Å². The molecule has 3 aliphatic rings. The highest BCUT2D eigenvalue weighted by atomic mass is 19.1. The number of hydrazine groups is 1. The minimum absolute atomic E-state index is 0.00700. The molecule has 1 atom stereocenters. The highest BCUT2D eigenvalue weighted by molar-refractivity contribution is 6.34. The van der Waals surface area contributed by atoms with E-state index >= 15 is 0 Å². The van der Waals surface area contributed by atoms with Crippen molar-refractivity contribution in [1.82, 2.24) is 30.2 Å². The first-order valence-electron chi connectivity index (χ1n) is 12.5.